The van der Waals surface area contributed by atoms with E-state index in [-0.39, 0.29) is 17.2 Å². The number of amides is 2. The van der Waals surface area contributed by atoms with Crippen molar-refractivity contribution >= 4 is 35.0 Å². The number of benzene rings is 2. The van der Waals surface area contributed by atoms with Crippen LogP contribution in [0, 0.1) is 6.92 Å². The van der Waals surface area contributed by atoms with Gasteiger partial charge in [0.1, 0.15) is 5.37 Å². The first-order chi connectivity index (χ1) is 12.1. The van der Waals surface area contributed by atoms with Crippen LogP contribution in [0.5, 0.6) is 0 Å². The van der Waals surface area contributed by atoms with Crippen LogP contribution >= 0.6 is 11.8 Å². The average Bonchev–Trinajstić information content (AvgIpc) is 2.98. The van der Waals surface area contributed by atoms with Crippen LogP contribution in [0.4, 0.5) is 11.4 Å². The van der Waals surface area contributed by atoms with Gasteiger partial charge >= 0.3 is 0 Å². The number of aryl methyl sites for hydroxylation is 1. The molecule has 1 atom stereocenters. The maximum atomic E-state index is 12.4. The molecule has 130 valence electrons. The highest BCUT2D eigenvalue weighted by molar-refractivity contribution is 8.00. The number of thioether (sulfide) groups is 1. The number of carbonyl (C=O) groups is 2. The van der Waals surface area contributed by atoms with E-state index in [0.29, 0.717) is 12.2 Å². The van der Waals surface area contributed by atoms with Crippen LogP contribution in [0.1, 0.15) is 36.3 Å². The van der Waals surface area contributed by atoms with E-state index in [0.717, 1.165) is 23.4 Å². The van der Waals surface area contributed by atoms with Gasteiger partial charge in [0.2, 0.25) is 11.8 Å². The van der Waals surface area contributed by atoms with Gasteiger partial charge in [-0.15, -0.1) is 11.8 Å². The molecule has 1 saturated heterocycles. The van der Waals surface area contributed by atoms with Gasteiger partial charge in [0.15, 0.2) is 0 Å². The SMILES string of the molecule is CCCC(=O)Nc1ccc(C2SCC(=O)N2c2ccc(C)cc2)cc1. The summed E-state index contributed by atoms with van der Waals surface area (Å²) in [5.41, 5.74) is 3.95. The van der Waals surface area contributed by atoms with Gasteiger partial charge < -0.3 is 5.32 Å². The summed E-state index contributed by atoms with van der Waals surface area (Å²) in [4.78, 5) is 25.9. The molecule has 25 heavy (non-hydrogen) atoms. The zero-order valence-corrected chi connectivity index (χ0v) is 15.3. The van der Waals surface area contributed by atoms with Crippen molar-refractivity contribution in [3.8, 4) is 0 Å². The van der Waals surface area contributed by atoms with Crippen LogP contribution in [0.25, 0.3) is 0 Å². The van der Waals surface area contributed by atoms with E-state index in [1.165, 1.54) is 5.56 Å². The maximum absolute atomic E-state index is 12.4. The van der Waals surface area contributed by atoms with Crippen molar-refractivity contribution in [2.45, 2.75) is 32.1 Å². The molecule has 1 aliphatic rings. The summed E-state index contributed by atoms with van der Waals surface area (Å²) >= 11 is 1.63. The molecule has 1 unspecified atom stereocenters. The van der Waals surface area contributed by atoms with Crippen LogP contribution in [-0.4, -0.2) is 17.6 Å². The minimum atomic E-state index is -0.0319. The summed E-state index contributed by atoms with van der Waals surface area (Å²) in [5.74, 6) is 0.634. The molecule has 2 aromatic carbocycles. The Hall–Kier alpha value is -2.27. The lowest BCUT2D eigenvalue weighted by molar-refractivity contribution is -0.116. The Labute approximate surface area is 152 Å². The second kappa shape index (κ2) is 7.74. The first kappa shape index (κ1) is 17.5. The molecule has 1 aliphatic heterocycles. The van der Waals surface area contributed by atoms with Gasteiger partial charge in [-0.3, -0.25) is 14.5 Å². The number of nitrogens with zero attached hydrogens (tertiary/aromatic N) is 1. The number of hydrogen-bond donors (Lipinski definition) is 1. The highest BCUT2D eigenvalue weighted by Gasteiger charge is 2.33. The van der Waals surface area contributed by atoms with Crippen molar-refractivity contribution < 1.29 is 9.59 Å². The maximum Gasteiger partial charge on any atom is 0.238 e. The van der Waals surface area contributed by atoms with Gasteiger partial charge in [-0.2, -0.15) is 0 Å². The molecular weight excluding hydrogens is 332 g/mol. The predicted molar refractivity (Wildman–Crippen MR) is 104 cm³/mol. The Morgan fingerprint density at radius 1 is 1.16 bits per heavy atom. The van der Waals surface area contributed by atoms with Crippen molar-refractivity contribution in [2.75, 3.05) is 16.0 Å². The average molecular weight is 354 g/mol. The second-order valence-electron chi connectivity index (χ2n) is 6.18. The number of carbonyl (C=O) groups excluding carboxylic acids is 2. The Morgan fingerprint density at radius 2 is 1.84 bits per heavy atom. The van der Waals surface area contributed by atoms with Gasteiger partial charge in [0.05, 0.1) is 5.75 Å². The van der Waals surface area contributed by atoms with Crippen LogP contribution < -0.4 is 10.2 Å². The highest BCUT2D eigenvalue weighted by atomic mass is 32.2. The fourth-order valence-electron chi connectivity index (χ4n) is 2.84. The third-order valence-corrected chi connectivity index (χ3v) is 5.35. The monoisotopic (exact) mass is 354 g/mol. The highest BCUT2D eigenvalue weighted by Crippen LogP contribution is 2.41. The lowest BCUT2D eigenvalue weighted by atomic mass is 10.1. The third kappa shape index (κ3) is 4.04. The molecule has 3 rings (SSSR count). The zero-order chi connectivity index (χ0) is 17.8. The molecule has 0 bridgehead atoms. The Bertz CT molecular complexity index is 756. The Morgan fingerprint density at radius 3 is 2.48 bits per heavy atom. The van der Waals surface area contributed by atoms with E-state index in [1.807, 2.05) is 67.3 Å². The van der Waals surface area contributed by atoms with Crippen molar-refractivity contribution in [1.82, 2.24) is 0 Å². The quantitative estimate of drug-likeness (QED) is 0.859. The van der Waals surface area contributed by atoms with Crippen molar-refractivity contribution in [3.63, 3.8) is 0 Å². The molecule has 1 fully saturated rings. The molecule has 2 amide bonds. The van der Waals surface area contributed by atoms with E-state index in [9.17, 15) is 9.59 Å². The smallest absolute Gasteiger partial charge is 0.238 e. The van der Waals surface area contributed by atoms with Crippen LogP contribution in [0.2, 0.25) is 0 Å². The fraction of sp³-hybridized carbons (Fsp3) is 0.300. The summed E-state index contributed by atoms with van der Waals surface area (Å²) < 4.78 is 0. The van der Waals surface area contributed by atoms with E-state index in [2.05, 4.69) is 5.32 Å². The number of anilines is 2. The number of rotatable bonds is 5. The molecule has 0 saturated carbocycles. The largest absolute Gasteiger partial charge is 0.326 e. The minimum Gasteiger partial charge on any atom is -0.326 e. The van der Waals surface area contributed by atoms with Crippen molar-refractivity contribution in [2.24, 2.45) is 0 Å². The summed E-state index contributed by atoms with van der Waals surface area (Å²) in [6.07, 6.45) is 1.35. The fourth-order valence-corrected chi connectivity index (χ4v) is 4.01. The van der Waals surface area contributed by atoms with Crippen LogP contribution in [0.15, 0.2) is 48.5 Å². The van der Waals surface area contributed by atoms with Gasteiger partial charge in [-0.1, -0.05) is 36.8 Å². The second-order valence-corrected chi connectivity index (χ2v) is 7.25. The topological polar surface area (TPSA) is 49.4 Å². The molecule has 1 N–H and O–H groups in total. The summed E-state index contributed by atoms with van der Waals surface area (Å²) in [5, 5.41) is 2.86. The van der Waals surface area contributed by atoms with Crippen molar-refractivity contribution in [3.05, 3.63) is 59.7 Å². The Kier molecular flexibility index (Phi) is 5.43. The third-order valence-electron chi connectivity index (χ3n) is 4.14. The number of nitrogens with one attached hydrogen (secondary N) is 1. The minimum absolute atomic E-state index is 0.0296. The first-order valence-electron chi connectivity index (χ1n) is 8.48. The lowest BCUT2D eigenvalue weighted by Crippen LogP contribution is -2.27. The molecular formula is C20H22N2O2S. The molecule has 0 radical (unpaired) electrons. The van der Waals surface area contributed by atoms with Gasteiger partial charge in [0, 0.05) is 17.8 Å². The van der Waals surface area contributed by atoms with Gasteiger partial charge in [0.25, 0.3) is 0 Å². The summed E-state index contributed by atoms with van der Waals surface area (Å²) in [6, 6.07) is 15.8. The molecule has 1 heterocycles. The van der Waals surface area contributed by atoms with Crippen molar-refractivity contribution in [1.29, 1.82) is 0 Å². The van der Waals surface area contributed by atoms with E-state index in [4.69, 9.17) is 0 Å². The first-order valence-corrected chi connectivity index (χ1v) is 9.53. The molecule has 0 spiro atoms. The Balaban J connectivity index is 1.79. The molecule has 2 aromatic rings. The predicted octanol–water partition coefficient (Wildman–Crippen LogP) is 4.51. The van der Waals surface area contributed by atoms with Crippen LogP contribution in [-0.2, 0) is 9.59 Å². The van der Waals surface area contributed by atoms with Gasteiger partial charge in [-0.05, 0) is 43.2 Å². The summed E-state index contributed by atoms with van der Waals surface area (Å²) in [6.45, 7) is 4.02. The van der Waals surface area contributed by atoms with Crippen LogP contribution in [0.3, 0.4) is 0 Å². The molecule has 0 aromatic heterocycles. The standard InChI is InChI=1S/C20H22N2O2S/c1-3-4-18(23)21-16-9-7-15(8-10-16)20-22(19(24)13-25-20)17-11-5-14(2)6-12-17/h5-12,20H,3-4,13H2,1-2H3,(H,21,23). The van der Waals surface area contributed by atoms with E-state index in [1.54, 1.807) is 11.8 Å². The number of hydrogen-bond acceptors (Lipinski definition) is 3. The lowest BCUT2D eigenvalue weighted by Gasteiger charge is -2.24. The molecule has 4 nitrogen and oxygen atoms in total. The summed E-state index contributed by atoms with van der Waals surface area (Å²) in [7, 11) is 0. The van der Waals surface area contributed by atoms with Gasteiger partial charge in [-0.25, -0.2) is 0 Å². The van der Waals surface area contributed by atoms with E-state index >= 15 is 0 Å². The van der Waals surface area contributed by atoms with E-state index < -0.39 is 0 Å². The molecule has 5 heteroatoms. The normalized spacial score (nSPS) is 17.0. The zero-order valence-electron chi connectivity index (χ0n) is 14.5. The molecule has 0 aliphatic carbocycles.